The molecule has 1 spiro atoms. The first kappa shape index (κ1) is 12.2. The van der Waals surface area contributed by atoms with Crippen molar-refractivity contribution in [1.29, 1.82) is 0 Å². The molecule has 0 aromatic heterocycles. The molecule has 2 aliphatic rings. The molecule has 0 saturated carbocycles. The number of rotatable bonds is 0. The van der Waals surface area contributed by atoms with Crippen molar-refractivity contribution < 1.29 is 14.3 Å². The summed E-state index contributed by atoms with van der Waals surface area (Å²) >= 11 is 0. The number of carbonyl (C=O) groups excluding carboxylic acids is 2. The van der Waals surface area contributed by atoms with E-state index in [4.69, 9.17) is 4.74 Å². The molecule has 6 nitrogen and oxygen atoms in total. The Labute approximate surface area is 101 Å². The van der Waals surface area contributed by atoms with Crippen molar-refractivity contribution in [3.63, 3.8) is 0 Å². The molecule has 2 fully saturated rings. The smallest absolute Gasteiger partial charge is 0.410 e. The Kier molecular flexibility index (Phi) is 2.77. The highest BCUT2D eigenvalue weighted by atomic mass is 16.6. The van der Waals surface area contributed by atoms with E-state index in [1.54, 1.807) is 4.90 Å². The van der Waals surface area contributed by atoms with E-state index >= 15 is 0 Å². The number of hydrogen-bond donors (Lipinski definition) is 2. The Hall–Kier alpha value is -1.30. The normalized spacial score (nSPS) is 28.6. The van der Waals surface area contributed by atoms with Gasteiger partial charge in [-0.1, -0.05) is 0 Å². The molecule has 17 heavy (non-hydrogen) atoms. The van der Waals surface area contributed by atoms with E-state index in [0.29, 0.717) is 19.5 Å². The van der Waals surface area contributed by atoms with E-state index in [1.165, 1.54) is 0 Å². The summed E-state index contributed by atoms with van der Waals surface area (Å²) < 4.78 is 5.31. The molecule has 2 aliphatic heterocycles. The minimum absolute atomic E-state index is 0.0176. The Morgan fingerprint density at radius 1 is 1.47 bits per heavy atom. The fraction of sp³-hybridized carbons (Fsp3) is 0.818. The molecule has 0 radical (unpaired) electrons. The lowest BCUT2D eigenvalue weighted by Gasteiger charge is -2.26. The maximum Gasteiger partial charge on any atom is 0.410 e. The van der Waals surface area contributed by atoms with Gasteiger partial charge in [-0.3, -0.25) is 10.2 Å². The van der Waals surface area contributed by atoms with Crippen molar-refractivity contribution in [2.24, 2.45) is 0 Å². The van der Waals surface area contributed by atoms with E-state index in [1.807, 2.05) is 20.8 Å². The molecule has 0 bridgehead atoms. The number of nitrogens with zero attached hydrogens (tertiary/aromatic N) is 1. The van der Waals surface area contributed by atoms with Gasteiger partial charge < -0.3 is 9.64 Å². The second-order valence-electron chi connectivity index (χ2n) is 5.78. The molecule has 2 rings (SSSR count). The van der Waals surface area contributed by atoms with Crippen LogP contribution in [-0.2, 0) is 9.53 Å². The third-order valence-electron chi connectivity index (χ3n) is 2.97. The van der Waals surface area contributed by atoms with E-state index in [0.717, 1.165) is 6.42 Å². The number of ether oxygens (including phenoxy) is 1. The summed E-state index contributed by atoms with van der Waals surface area (Å²) in [5.74, 6) is -0.0176. The number of carbonyl (C=O) groups is 2. The van der Waals surface area contributed by atoms with E-state index in [-0.39, 0.29) is 17.5 Å². The summed E-state index contributed by atoms with van der Waals surface area (Å²) in [6, 6.07) is 0. The van der Waals surface area contributed by atoms with Crippen LogP contribution in [0.2, 0.25) is 0 Å². The van der Waals surface area contributed by atoms with Gasteiger partial charge >= 0.3 is 6.09 Å². The first-order chi connectivity index (χ1) is 7.80. The predicted octanol–water partition coefficient (Wildman–Crippen LogP) is 0.391. The van der Waals surface area contributed by atoms with Crippen LogP contribution in [0.15, 0.2) is 0 Å². The van der Waals surface area contributed by atoms with Gasteiger partial charge in [0.25, 0.3) is 0 Å². The van der Waals surface area contributed by atoms with Gasteiger partial charge in [-0.05, 0) is 27.2 Å². The number of amides is 2. The van der Waals surface area contributed by atoms with Crippen LogP contribution in [0.1, 0.15) is 33.6 Å². The maximum atomic E-state index is 11.9. The van der Waals surface area contributed by atoms with Gasteiger partial charge in [0, 0.05) is 19.5 Å². The summed E-state index contributed by atoms with van der Waals surface area (Å²) in [6.45, 7) is 6.67. The number of likely N-dealkylation sites (tertiary alicyclic amines) is 1. The van der Waals surface area contributed by atoms with Crippen LogP contribution in [0.3, 0.4) is 0 Å². The van der Waals surface area contributed by atoms with Crippen LogP contribution in [0.5, 0.6) is 0 Å². The maximum absolute atomic E-state index is 11.9. The lowest BCUT2D eigenvalue weighted by Crippen LogP contribution is -2.47. The largest absolute Gasteiger partial charge is 0.444 e. The van der Waals surface area contributed by atoms with E-state index in [9.17, 15) is 9.59 Å². The molecule has 2 amide bonds. The average Bonchev–Trinajstić information content (AvgIpc) is 2.72. The molecule has 0 aliphatic carbocycles. The van der Waals surface area contributed by atoms with Crippen molar-refractivity contribution >= 4 is 12.0 Å². The standard InChI is InChI=1S/C11H19N3O3/c1-10(2,3)17-9(16)14-5-4-11(7-14)6-8(15)12-13-11/h13H,4-7H2,1-3H3,(H,12,15)/t11-/m1/s1. The van der Waals surface area contributed by atoms with Gasteiger partial charge in [-0.25, -0.2) is 10.2 Å². The Morgan fingerprint density at radius 3 is 2.71 bits per heavy atom. The summed E-state index contributed by atoms with van der Waals surface area (Å²) in [5, 5.41) is 0. The van der Waals surface area contributed by atoms with Gasteiger partial charge in [-0.2, -0.15) is 0 Å². The highest BCUT2D eigenvalue weighted by Crippen LogP contribution is 2.28. The van der Waals surface area contributed by atoms with Crippen molar-refractivity contribution in [3.05, 3.63) is 0 Å². The van der Waals surface area contributed by atoms with Crippen molar-refractivity contribution in [2.75, 3.05) is 13.1 Å². The van der Waals surface area contributed by atoms with Gasteiger partial charge in [0.15, 0.2) is 0 Å². The van der Waals surface area contributed by atoms with Gasteiger partial charge in [0.05, 0.1) is 5.54 Å². The second kappa shape index (κ2) is 3.87. The zero-order valence-corrected chi connectivity index (χ0v) is 10.5. The molecule has 0 unspecified atom stereocenters. The summed E-state index contributed by atoms with van der Waals surface area (Å²) in [6.07, 6.45) is 0.882. The van der Waals surface area contributed by atoms with Gasteiger partial charge in [-0.15, -0.1) is 0 Å². The third-order valence-corrected chi connectivity index (χ3v) is 2.97. The fourth-order valence-electron chi connectivity index (χ4n) is 2.20. The third kappa shape index (κ3) is 2.69. The number of hydrogen-bond acceptors (Lipinski definition) is 4. The minimum Gasteiger partial charge on any atom is -0.444 e. The molecular weight excluding hydrogens is 222 g/mol. The van der Waals surface area contributed by atoms with Crippen LogP contribution in [-0.4, -0.2) is 41.1 Å². The van der Waals surface area contributed by atoms with Crippen LogP contribution in [0.25, 0.3) is 0 Å². The van der Waals surface area contributed by atoms with E-state index < -0.39 is 5.60 Å². The van der Waals surface area contributed by atoms with Crippen molar-refractivity contribution in [2.45, 2.75) is 44.8 Å². The van der Waals surface area contributed by atoms with Crippen molar-refractivity contribution in [3.8, 4) is 0 Å². The lowest BCUT2D eigenvalue weighted by molar-refractivity contribution is -0.119. The highest BCUT2D eigenvalue weighted by Gasteiger charge is 2.46. The molecule has 2 N–H and O–H groups in total. The van der Waals surface area contributed by atoms with Crippen LogP contribution in [0.4, 0.5) is 4.79 Å². The molecule has 0 aromatic carbocycles. The van der Waals surface area contributed by atoms with Crippen LogP contribution in [0, 0.1) is 0 Å². The van der Waals surface area contributed by atoms with Crippen molar-refractivity contribution in [1.82, 2.24) is 15.8 Å². The second-order valence-corrected chi connectivity index (χ2v) is 5.78. The molecule has 6 heteroatoms. The molecule has 96 valence electrons. The number of hydrazine groups is 1. The molecule has 2 saturated heterocycles. The summed E-state index contributed by atoms with van der Waals surface area (Å²) in [4.78, 5) is 24.7. The monoisotopic (exact) mass is 241 g/mol. The number of nitrogens with one attached hydrogen (secondary N) is 2. The SMILES string of the molecule is CC(C)(C)OC(=O)N1CC[C@@]2(CC(=O)NN2)C1. The fourth-order valence-corrected chi connectivity index (χ4v) is 2.20. The quantitative estimate of drug-likeness (QED) is 0.643. The Bertz CT molecular complexity index is 350. The molecule has 1 atom stereocenters. The summed E-state index contributed by atoms with van der Waals surface area (Å²) in [5.41, 5.74) is 4.79. The predicted molar refractivity (Wildman–Crippen MR) is 61.1 cm³/mol. The zero-order valence-electron chi connectivity index (χ0n) is 10.5. The Balaban J connectivity index is 1.94. The highest BCUT2D eigenvalue weighted by molar-refractivity contribution is 5.79. The Morgan fingerprint density at radius 2 is 2.18 bits per heavy atom. The average molecular weight is 241 g/mol. The first-order valence-corrected chi connectivity index (χ1v) is 5.84. The lowest BCUT2D eigenvalue weighted by atomic mass is 9.97. The topological polar surface area (TPSA) is 70.7 Å². The van der Waals surface area contributed by atoms with Crippen LogP contribution < -0.4 is 10.9 Å². The minimum atomic E-state index is -0.482. The van der Waals surface area contributed by atoms with E-state index in [2.05, 4.69) is 10.9 Å². The van der Waals surface area contributed by atoms with Gasteiger partial charge in [0.2, 0.25) is 5.91 Å². The van der Waals surface area contributed by atoms with Gasteiger partial charge in [0.1, 0.15) is 5.60 Å². The molecule has 2 heterocycles. The first-order valence-electron chi connectivity index (χ1n) is 5.84. The summed E-state index contributed by atoms with van der Waals surface area (Å²) in [7, 11) is 0. The zero-order chi connectivity index (χ0) is 12.7. The molecule has 0 aromatic rings. The van der Waals surface area contributed by atoms with Crippen LogP contribution >= 0.6 is 0 Å². The molecular formula is C11H19N3O3.